The van der Waals surface area contributed by atoms with E-state index < -0.39 is 0 Å². The van der Waals surface area contributed by atoms with Gasteiger partial charge in [0.15, 0.2) is 0 Å². The summed E-state index contributed by atoms with van der Waals surface area (Å²) in [6.45, 7) is 2.15. The van der Waals surface area contributed by atoms with Crippen molar-refractivity contribution >= 4 is 16.6 Å². The predicted octanol–water partition coefficient (Wildman–Crippen LogP) is 11.7. The van der Waals surface area contributed by atoms with Crippen molar-refractivity contribution in [1.29, 1.82) is 0 Å². The molecular formula is C48H32N2. The van der Waals surface area contributed by atoms with Gasteiger partial charge in [-0.1, -0.05) is 133 Å². The Morgan fingerprint density at radius 2 is 1.18 bits per heavy atom. The molecule has 2 aliphatic carbocycles. The molecule has 0 radical (unpaired) electrons. The minimum Gasteiger partial charge on any atom is -0.374 e. The Morgan fingerprint density at radius 3 is 1.96 bits per heavy atom. The number of fused-ring (bicyclic) bond motifs is 15. The molecule has 8 aromatic rings. The fourth-order valence-corrected chi connectivity index (χ4v) is 9.42. The first kappa shape index (κ1) is 27.7. The average Bonchev–Trinajstić information content (AvgIpc) is 3.65. The van der Waals surface area contributed by atoms with E-state index in [-0.39, 0.29) is 11.5 Å². The molecule has 1 aromatic heterocycles. The van der Waals surface area contributed by atoms with Crippen LogP contribution in [0.25, 0.3) is 55.4 Å². The number of anilines is 1. The first-order valence-electron chi connectivity index (χ1n) is 17.5. The summed E-state index contributed by atoms with van der Waals surface area (Å²) in [5, 5.41) is 5.18. The van der Waals surface area contributed by atoms with Gasteiger partial charge in [0, 0.05) is 22.8 Å². The molecule has 0 amide bonds. The molecule has 0 bridgehead atoms. The summed E-state index contributed by atoms with van der Waals surface area (Å²) in [5.74, 6) is 0. The number of rotatable bonds is 2. The van der Waals surface area contributed by atoms with Crippen LogP contribution in [0.2, 0.25) is 0 Å². The molecule has 0 saturated carbocycles. The lowest BCUT2D eigenvalue weighted by molar-refractivity contribution is 0.792. The molecule has 2 heteroatoms. The molecule has 3 aliphatic rings. The van der Waals surface area contributed by atoms with Crippen LogP contribution in [-0.4, -0.2) is 4.98 Å². The van der Waals surface area contributed by atoms with Crippen molar-refractivity contribution in [3.05, 3.63) is 203 Å². The molecule has 234 valence electrons. The number of benzene rings is 7. The molecule has 1 unspecified atom stereocenters. The van der Waals surface area contributed by atoms with Crippen molar-refractivity contribution in [2.45, 2.75) is 18.4 Å². The molecule has 1 atom stereocenters. The van der Waals surface area contributed by atoms with Crippen molar-refractivity contribution in [3.63, 3.8) is 0 Å². The normalized spacial score (nSPS) is 15.4. The monoisotopic (exact) mass is 636 g/mol. The van der Waals surface area contributed by atoms with Gasteiger partial charge in [-0.2, -0.15) is 0 Å². The summed E-state index contributed by atoms with van der Waals surface area (Å²) in [4.78, 5) is 4.69. The van der Waals surface area contributed by atoms with Crippen LogP contribution in [0.1, 0.15) is 45.0 Å². The highest BCUT2D eigenvalue weighted by Crippen LogP contribution is 2.65. The summed E-state index contributed by atoms with van der Waals surface area (Å²) in [5.41, 5.74) is 21.4. The Balaban J connectivity index is 1.16. The lowest BCUT2D eigenvalue weighted by Gasteiger charge is -2.34. The van der Waals surface area contributed by atoms with E-state index in [2.05, 4.69) is 170 Å². The van der Waals surface area contributed by atoms with Crippen LogP contribution in [0.5, 0.6) is 0 Å². The van der Waals surface area contributed by atoms with Gasteiger partial charge in [-0.05, 0) is 109 Å². The Morgan fingerprint density at radius 1 is 0.520 bits per heavy atom. The van der Waals surface area contributed by atoms with Crippen LogP contribution in [0, 0.1) is 6.92 Å². The van der Waals surface area contributed by atoms with E-state index in [1.54, 1.807) is 0 Å². The first-order chi connectivity index (χ1) is 24.7. The smallest absolute Gasteiger partial charge is 0.0774 e. The average molecular weight is 637 g/mol. The molecular weight excluding hydrogens is 605 g/mol. The Kier molecular flexibility index (Phi) is 5.61. The van der Waals surface area contributed by atoms with E-state index in [1.165, 1.54) is 94.5 Å². The Hall–Kier alpha value is -6.25. The van der Waals surface area contributed by atoms with Crippen molar-refractivity contribution in [2.24, 2.45) is 0 Å². The van der Waals surface area contributed by atoms with E-state index in [1.807, 2.05) is 6.20 Å². The second-order valence-corrected chi connectivity index (χ2v) is 13.9. The number of aromatic nitrogens is 1. The quantitative estimate of drug-likeness (QED) is 0.204. The molecule has 0 saturated heterocycles. The third-order valence-electron chi connectivity index (χ3n) is 11.5. The van der Waals surface area contributed by atoms with Crippen LogP contribution in [-0.2, 0) is 5.41 Å². The van der Waals surface area contributed by atoms with Crippen LogP contribution in [0.4, 0.5) is 5.69 Å². The number of pyridine rings is 1. The van der Waals surface area contributed by atoms with Crippen molar-refractivity contribution in [1.82, 2.24) is 4.98 Å². The standard InChI is InChI=1S/C48H32N2/c1-29-25-26-49-44-28-31(21-22-33(29)44)30-11-10-12-32(27-30)47-38-23-24-42-46(45(38)37-16-5-9-20-43(37)50-47)36-15-4-8-19-41(36)48(42)39-17-6-2-13-34(39)35-14-3-7-18-40(35)48/h2-28,47,50H,1H3. The maximum atomic E-state index is 4.69. The van der Waals surface area contributed by atoms with Gasteiger partial charge in [0.1, 0.15) is 0 Å². The fraction of sp³-hybridized carbons (Fsp3) is 0.0625. The van der Waals surface area contributed by atoms with Crippen LogP contribution < -0.4 is 5.32 Å². The van der Waals surface area contributed by atoms with Gasteiger partial charge in [0.2, 0.25) is 0 Å². The van der Waals surface area contributed by atoms with Gasteiger partial charge in [0.05, 0.1) is 17.0 Å². The third kappa shape index (κ3) is 3.55. The lowest BCUT2D eigenvalue weighted by atomic mass is 9.70. The van der Waals surface area contributed by atoms with Crippen molar-refractivity contribution in [3.8, 4) is 44.5 Å². The number of nitrogens with zero attached hydrogens (tertiary/aromatic N) is 1. The third-order valence-corrected chi connectivity index (χ3v) is 11.5. The van der Waals surface area contributed by atoms with Crippen LogP contribution in [0.3, 0.4) is 0 Å². The molecule has 0 fully saturated rings. The SMILES string of the molecule is Cc1ccnc2cc(-c3cccc(C4Nc5ccccc5-c5c4ccc4c5-c5ccccc5C45c4ccccc4-c4ccccc45)c3)ccc12. The number of hydrogen-bond donors (Lipinski definition) is 1. The predicted molar refractivity (Wildman–Crippen MR) is 206 cm³/mol. The molecule has 11 rings (SSSR count). The molecule has 2 nitrogen and oxygen atoms in total. The zero-order chi connectivity index (χ0) is 33.0. The maximum absolute atomic E-state index is 4.69. The summed E-state index contributed by atoms with van der Waals surface area (Å²) in [7, 11) is 0. The lowest BCUT2D eigenvalue weighted by Crippen LogP contribution is -2.26. The highest BCUT2D eigenvalue weighted by Gasteiger charge is 2.52. The van der Waals surface area contributed by atoms with Gasteiger partial charge in [0.25, 0.3) is 0 Å². The van der Waals surface area contributed by atoms with E-state index >= 15 is 0 Å². The molecule has 1 spiro atoms. The Labute approximate surface area is 291 Å². The largest absolute Gasteiger partial charge is 0.374 e. The molecule has 50 heavy (non-hydrogen) atoms. The fourth-order valence-electron chi connectivity index (χ4n) is 9.42. The second-order valence-electron chi connectivity index (χ2n) is 13.9. The van der Waals surface area contributed by atoms with Gasteiger partial charge in [-0.25, -0.2) is 0 Å². The summed E-state index contributed by atoms with van der Waals surface area (Å²) < 4.78 is 0. The van der Waals surface area contributed by atoms with Gasteiger partial charge in [-0.3, -0.25) is 4.98 Å². The minimum atomic E-state index is -0.369. The highest BCUT2D eigenvalue weighted by atomic mass is 14.9. The topological polar surface area (TPSA) is 24.9 Å². The number of para-hydroxylation sites is 1. The van der Waals surface area contributed by atoms with E-state index in [4.69, 9.17) is 4.98 Å². The summed E-state index contributed by atoms with van der Waals surface area (Å²) >= 11 is 0. The molecule has 2 heterocycles. The second kappa shape index (κ2) is 10.1. The maximum Gasteiger partial charge on any atom is 0.0774 e. The number of hydrogen-bond acceptors (Lipinski definition) is 2. The minimum absolute atomic E-state index is 0.0159. The zero-order valence-corrected chi connectivity index (χ0v) is 27.6. The van der Waals surface area contributed by atoms with E-state index in [0.29, 0.717) is 0 Å². The van der Waals surface area contributed by atoms with E-state index in [0.717, 1.165) is 5.52 Å². The van der Waals surface area contributed by atoms with Crippen LogP contribution in [0.15, 0.2) is 164 Å². The number of nitrogens with one attached hydrogen (secondary N) is 1. The summed E-state index contributed by atoms with van der Waals surface area (Å²) in [6.07, 6.45) is 1.90. The van der Waals surface area contributed by atoms with Crippen molar-refractivity contribution < 1.29 is 0 Å². The van der Waals surface area contributed by atoms with Gasteiger partial charge < -0.3 is 5.32 Å². The van der Waals surface area contributed by atoms with Gasteiger partial charge >= 0.3 is 0 Å². The molecule has 1 N–H and O–H groups in total. The Bertz CT molecular complexity index is 2670. The highest BCUT2D eigenvalue weighted by molar-refractivity contribution is 6.03. The zero-order valence-electron chi connectivity index (χ0n) is 27.6. The number of aryl methyl sites for hydroxylation is 1. The van der Waals surface area contributed by atoms with Crippen LogP contribution >= 0.6 is 0 Å². The summed E-state index contributed by atoms with van der Waals surface area (Å²) in [6, 6.07) is 58.7. The van der Waals surface area contributed by atoms with Crippen molar-refractivity contribution in [2.75, 3.05) is 5.32 Å². The molecule has 7 aromatic carbocycles. The van der Waals surface area contributed by atoms with E-state index in [9.17, 15) is 0 Å². The van der Waals surface area contributed by atoms with Gasteiger partial charge in [-0.15, -0.1) is 0 Å². The molecule has 1 aliphatic heterocycles. The first-order valence-corrected chi connectivity index (χ1v) is 17.5.